The summed E-state index contributed by atoms with van der Waals surface area (Å²) in [6.07, 6.45) is 5.89. The third-order valence-electron chi connectivity index (χ3n) is 5.04. The van der Waals surface area contributed by atoms with E-state index in [4.69, 9.17) is 9.47 Å². The zero-order chi connectivity index (χ0) is 18.6. The number of fused-ring (bicyclic) bond motifs is 1. The van der Waals surface area contributed by atoms with Gasteiger partial charge in [0.15, 0.2) is 11.5 Å². The fraction of sp³-hybridized carbons (Fsp3) is 0.318. The maximum atomic E-state index is 12.6. The van der Waals surface area contributed by atoms with E-state index in [1.807, 2.05) is 37.4 Å². The SMILES string of the molecule is CN(Cc1ccccc1N1CCCC1)C(=O)C=Cc1ccc2c(c1)OCO2. The summed E-state index contributed by atoms with van der Waals surface area (Å²) >= 11 is 0. The van der Waals surface area contributed by atoms with Crippen molar-refractivity contribution < 1.29 is 14.3 Å². The Labute approximate surface area is 159 Å². The summed E-state index contributed by atoms with van der Waals surface area (Å²) in [7, 11) is 1.84. The Morgan fingerprint density at radius 1 is 1.11 bits per heavy atom. The summed E-state index contributed by atoms with van der Waals surface area (Å²) in [6, 6.07) is 14.0. The summed E-state index contributed by atoms with van der Waals surface area (Å²) in [6.45, 7) is 3.04. The van der Waals surface area contributed by atoms with E-state index in [0.717, 1.165) is 30.2 Å². The third kappa shape index (κ3) is 3.92. The lowest BCUT2D eigenvalue weighted by molar-refractivity contribution is -0.125. The highest BCUT2D eigenvalue weighted by Gasteiger charge is 2.17. The highest BCUT2D eigenvalue weighted by molar-refractivity contribution is 5.91. The summed E-state index contributed by atoms with van der Waals surface area (Å²) < 4.78 is 10.7. The van der Waals surface area contributed by atoms with Gasteiger partial charge in [0.1, 0.15) is 0 Å². The number of amides is 1. The van der Waals surface area contributed by atoms with Gasteiger partial charge in [-0.25, -0.2) is 0 Å². The topological polar surface area (TPSA) is 42.0 Å². The van der Waals surface area contributed by atoms with Crippen molar-refractivity contribution in [2.75, 3.05) is 31.8 Å². The Hall–Kier alpha value is -2.95. The molecule has 0 atom stereocenters. The highest BCUT2D eigenvalue weighted by atomic mass is 16.7. The van der Waals surface area contributed by atoms with Crippen LogP contribution >= 0.6 is 0 Å². The normalized spacial score (nSPS) is 15.5. The van der Waals surface area contributed by atoms with Crippen LogP contribution in [-0.4, -0.2) is 37.7 Å². The summed E-state index contributed by atoms with van der Waals surface area (Å²) in [5, 5.41) is 0. The second-order valence-electron chi connectivity index (χ2n) is 6.96. The maximum Gasteiger partial charge on any atom is 0.246 e. The highest BCUT2D eigenvalue weighted by Crippen LogP contribution is 2.32. The first-order chi connectivity index (χ1) is 13.2. The minimum absolute atomic E-state index is 0.0242. The van der Waals surface area contributed by atoms with Crippen molar-refractivity contribution in [1.29, 1.82) is 0 Å². The van der Waals surface area contributed by atoms with Crippen LogP contribution in [0.1, 0.15) is 24.0 Å². The molecule has 5 heteroatoms. The number of rotatable bonds is 5. The van der Waals surface area contributed by atoms with Gasteiger partial charge in [-0.2, -0.15) is 0 Å². The van der Waals surface area contributed by atoms with Gasteiger partial charge in [-0.15, -0.1) is 0 Å². The van der Waals surface area contributed by atoms with E-state index in [1.54, 1.807) is 11.0 Å². The zero-order valence-electron chi connectivity index (χ0n) is 15.6. The summed E-state index contributed by atoms with van der Waals surface area (Å²) in [5.74, 6) is 1.44. The Kier molecular flexibility index (Phi) is 5.01. The maximum absolute atomic E-state index is 12.6. The second-order valence-corrected chi connectivity index (χ2v) is 6.96. The minimum atomic E-state index is -0.0242. The Morgan fingerprint density at radius 2 is 1.89 bits per heavy atom. The van der Waals surface area contributed by atoms with Crippen molar-refractivity contribution in [3.05, 3.63) is 59.7 Å². The Balaban J connectivity index is 1.42. The molecule has 27 heavy (non-hydrogen) atoms. The average Bonchev–Trinajstić information content (AvgIpc) is 3.37. The molecule has 0 radical (unpaired) electrons. The predicted molar refractivity (Wildman–Crippen MR) is 106 cm³/mol. The van der Waals surface area contributed by atoms with Gasteiger partial charge in [-0.1, -0.05) is 24.3 Å². The first kappa shape index (κ1) is 17.5. The first-order valence-corrected chi connectivity index (χ1v) is 9.36. The first-order valence-electron chi connectivity index (χ1n) is 9.36. The van der Waals surface area contributed by atoms with E-state index >= 15 is 0 Å². The van der Waals surface area contributed by atoms with E-state index in [-0.39, 0.29) is 12.7 Å². The largest absolute Gasteiger partial charge is 0.454 e. The molecule has 2 heterocycles. The number of hydrogen-bond donors (Lipinski definition) is 0. The van der Waals surface area contributed by atoms with Gasteiger partial charge in [0, 0.05) is 38.4 Å². The van der Waals surface area contributed by atoms with Crippen molar-refractivity contribution in [1.82, 2.24) is 4.90 Å². The lowest BCUT2D eigenvalue weighted by Crippen LogP contribution is -2.26. The van der Waals surface area contributed by atoms with Crippen molar-refractivity contribution in [2.24, 2.45) is 0 Å². The quantitative estimate of drug-likeness (QED) is 0.759. The molecular weight excluding hydrogens is 340 g/mol. The number of benzene rings is 2. The molecule has 2 aliphatic rings. The molecule has 1 fully saturated rings. The molecule has 4 rings (SSSR count). The molecule has 0 aliphatic carbocycles. The minimum Gasteiger partial charge on any atom is -0.454 e. The van der Waals surface area contributed by atoms with Gasteiger partial charge in [-0.3, -0.25) is 4.79 Å². The van der Waals surface area contributed by atoms with Crippen molar-refractivity contribution in [2.45, 2.75) is 19.4 Å². The Morgan fingerprint density at radius 3 is 2.74 bits per heavy atom. The Bertz CT molecular complexity index is 856. The van der Waals surface area contributed by atoms with E-state index in [2.05, 4.69) is 23.1 Å². The molecule has 0 unspecified atom stereocenters. The van der Waals surface area contributed by atoms with E-state index < -0.39 is 0 Å². The fourth-order valence-electron chi connectivity index (χ4n) is 3.56. The fourth-order valence-corrected chi connectivity index (χ4v) is 3.56. The molecule has 0 saturated carbocycles. The van der Waals surface area contributed by atoms with Crippen LogP contribution in [0.3, 0.4) is 0 Å². The molecule has 140 valence electrons. The lowest BCUT2D eigenvalue weighted by atomic mass is 10.1. The van der Waals surface area contributed by atoms with Gasteiger partial charge >= 0.3 is 0 Å². The molecule has 5 nitrogen and oxygen atoms in total. The van der Waals surface area contributed by atoms with Crippen LogP contribution in [0.5, 0.6) is 11.5 Å². The van der Waals surface area contributed by atoms with Crippen LogP contribution in [-0.2, 0) is 11.3 Å². The number of para-hydroxylation sites is 1. The van der Waals surface area contributed by atoms with Crippen LogP contribution in [0.2, 0.25) is 0 Å². The van der Waals surface area contributed by atoms with Crippen LogP contribution in [0.4, 0.5) is 5.69 Å². The summed E-state index contributed by atoms with van der Waals surface area (Å²) in [4.78, 5) is 16.7. The summed E-state index contributed by atoms with van der Waals surface area (Å²) in [5.41, 5.74) is 3.35. The molecule has 1 saturated heterocycles. The molecule has 0 N–H and O–H groups in total. The van der Waals surface area contributed by atoms with Gasteiger partial charge in [0.05, 0.1) is 0 Å². The number of ether oxygens (including phenoxy) is 2. The number of anilines is 1. The smallest absolute Gasteiger partial charge is 0.246 e. The molecule has 2 aliphatic heterocycles. The van der Waals surface area contributed by atoms with Crippen molar-refractivity contribution >= 4 is 17.7 Å². The van der Waals surface area contributed by atoms with Crippen LogP contribution in [0.15, 0.2) is 48.5 Å². The number of carbonyl (C=O) groups excluding carboxylic acids is 1. The standard InChI is InChI=1S/C22H24N2O3/c1-23(15-18-6-2-3-7-19(18)24-12-4-5-13-24)22(25)11-9-17-8-10-20-21(14-17)27-16-26-20/h2-3,6-11,14H,4-5,12-13,15-16H2,1H3. The van der Waals surface area contributed by atoms with Gasteiger partial charge in [0.2, 0.25) is 12.7 Å². The van der Waals surface area contributed by atoms with Crippen LogP contribution in [0.25, 0.3) is 6.08 Å². The monoisotopic (exact) mass is 364 g/mol. The number of likely N-dealkylation sites (N-methyl/N-ethyl adjacent to an activating group) is 1. The molecular formula is C22H24N2O3. The second kappa shape index (κ2) is 7.74. The molecule has 0 spiro atoms. The number of carbonyl (C=O) groups is 1. The van der Waals surface area contributed by atoms with E-state index in [9.17, 15) is 4.79 Å². The van der Waals surface area contributed by atoms with E-state index in [0.29, 0.717) is 6.54 Å². The molecule has 0 aromatic heterocycles. The van der Waals surface area contributed by atoms with Crippen molar-refractivity contribution in [3.63, 3.8) is 0 Å². The van der Waals surface area contributed by atoms with Gasteiger partial charge in [-0.05, 0) is 48.2 Å². The molecule has 1 amide bonds. The lowest BCUT2D eigenvalue weighted by Gasteiger charge is -2.24. The van der Waals surface area contributed by atoms with Crippen LogP contribution in [0, 0.1) is 0 Å². The zero-order valence-corrected chi connectivity index (χ0v) is 15.6. The van der Waals surface area contributed by atoms with E-state index in [1.165, 1.54) is 24.1 Å². The van der Waals surface area contributed by atoms with Crippen molar-refractivity contribution in [3.8, 4) is 11.5 Å². The number of hydrogen-bond acceptors (Lipinski definition) is 4. The van der Waals surface area contributed by atoms with Crippen LogP contribution < -0.4 is 14.4 Å². The van der Waals surface area contributed by atoms with Gasteiger partial charge in [0.25, 0.3) is 0 Å². The molecule has 2 aromatic rings. The third-order valence-corrected chi connectivity index (χ3v) is 5.04. The number of nitrogens with zero attached hydrogens (tertiary/aromatic N) is 2. The molecule has 0 bridgehead atoms. The average molecular weight is 364 g/mol. The molecule has 2 aromatic carbocycles. The van der Waals surface area contributed by atoms with Gasteiger partial charge < -0.3 is 19.3 Å². The predicted octanol–water partition coefficient (Wildman–Crippen LogP) is 3.69.